The molecule has 29 heavy (non-hydrogen) atoms. The van der Waals surface area contributed by atoms with Gasteiger partial charge in [-0.2, -0.15) is 5.10 Å². The third kappa shape index (κ3) is 3.93. The summed E-state index contributed by atoms with van der Waals surface area (Å²) < 4.78 is 1.77. The van der Waals surface area contributed by atoms with E-state index < -0.39 is 0 Å². The van der Waals surface area contributed by atoms with Crippen LogP contribution in [-0.4, -0.2) is 63.9 Å². The van der Waals surface area contributed by atoms with Crippen molar-refractivity contribution < 1.29 is 4.92 Å². The highest BCUT2D eigenvalue weighted by Gasteiger charge is 2.25. The molecule has 0 radical (unpaired) electrons. The van der Waals surface area contributed by atoms with Crippen LogP contribution in [-0.2, 0) is 6.54 Å². The fourth-order valence-electron chi connectivity index (χ4n) is 3.84. The molecule has 1 saturated heterocycles. The van der Waals surface area contributed by atoms with Gasteiger partial charge in [0, 0.05) is 50.1 Å². The number of benzene rings is 1. The van der Waals surface area contributed by atoms with Gasteiger partial charge in [-0.25, -0.2) is 9.67 Å². The SMILES string of the molecule is CCC1C=Nc2c(cnn2Cc2ccccc2[N+](=O)[O-])C(N2CCN(C)CC2)=C1. The predicted octanol–water partition coefficient (Wildman–Crippen LogP) is 3.17. The summed E-state index contributed by atoms with van der Waals surface area (Å²) in [4.78, 5) is 20.5. The van der Waals surface area contributed by atoms with E-state index >= 15 is 0 Å². The number of aliphatic imine (C=N–C) groups is 1. The lowest BCUT2D eigenvalue weighted by molar-refractivity contribution is -0.385. The monoisotopic (exact) mass is 394 g/mol. The minimum atomic E-state index is -0.344. The number of hydrogen-bond acceptors (Lipinski definition) is 6. The highest BCUT2D eigenvalue weighted by atomic mass is 16.6. The second-order valence-electron chi connectivity index (χ2n) is 7.62. The fraction of sp³-hybridized carbons (Fsp3) is 0.429. The molecule has 0 aliphatic carbocycles. The minimum absolute atomic E-state index is 0.107. The molecule has 1 aromatic carbocycles. The number of allylic oxidation sites excluding steroid dienone is 1. The van der Waals surface area contributed by atoms with Crippen LogP contribution in [0.5, 0.6) is 0 Å². The van der Waals surface area contributed by atoms with Gasteiger partial charge in [0.05, 0.1) is 28.8 Å². The van der Waals surface area contributed by atoms with E-state index in [1.165, 1.54) is 11.8 Å². The van der Waals surface area contributed by atoms with E-state index in [9.17, 15) is 10.1 Å². The van der Waals surface area contributed by atoms with Crippen molar-refractivity contribution in [1.82, 2.24) is 19.6 Å². The molecule has 2 aliphatic rings. The van der Waals surface area contributed by atoms with E-state index in [-0.39, 0.29) is 16.5 Å². The van der Waals surface area contributed by atoms with Gasteiger partial charge in [0.25, 0.3) is 5.69 Å². The highest BCUT2D eigenvalue weighted by Crippen LogP contribution is 2.34. The highest BCUT2D eigenvalue weighted by molar-refractivity contribution is 5.81. The van der Waals surface area contributed by atoms with E-state index in [0.717, 1.165) is 44.0 Å². The number of piperazine rings is 1. The van der Waals surface area contributed by atoms with Gasteiger partial charge >= 0.3 is 0 Å². The van der Waals surface area contributed by atoms with Crippen molar-refractivity contribution in [3.63, 3.8) is 0 Å². The van der Waals surface area contributed by atoms with Crippen molar-refractivity contribution in [2.24, 2.45) is 10.9 Å². The smallest absolute Gasteiger partial charge is 0.274 e. The van der Waals surface area contributed by atoms with E-state index in [1.807, 2.05) is 18.5 Å². The maximum absolute atomic E-state index is 11.4. The molecule has 0 amide bonds. The van der Waals surface area contributed by atoms with Crippen LogP contribution in [0.25, 0.3) is 5.70 Å². The summed E-state index contributed by atoms with van der Waals surface area (Å²) in [6.07, 6.45) is 7.09. The quantitative estimate of drug-likeness (QED) is 0.575. The Kier molecular flexibility index (Phi) is 5.44. The summed E-state index contributed by atoms with van der Waals surface area (Å²) in [7, 11) is 2.15. The van der Waals surface area contributed by atoms with Gasteiger partial charge in [-0.05, 0) is 13.5 Å². The van der Waals surface area contributed by atoms with Gasteiger partial charge in [0.2, 0.25) is 0 Å². The van der Waals surface area contributed by atoms with Crippen LogP contribution in [0.4, 0.5) is 11.5 Å². The topological polar surface area (TPSA) is 79.8 Å². The van der Waals surface area contributed by atoms with E-state index in [1.54, 1.807) is 16.8 Å². The molecular weight excluding hydrogens is 368 g/mol. The maximum atomic E-state index is 11.4. The number of nitro benzene ring substituents is 1. The molecule has 1 unspecified atom stereocenters. The molecule has 4 rings (SSSR count). The minimum Gasteiger partial charge on any atom is -0.369 e. The number of nitrogens with zero attached hydrogens (tertiary/aromatic N) is 6. The van der Waals surface area contributed by atoms with Gasteiger partial charge in [0.15, 0.2) is 5.82 Å². The molecule has 8 heteroatoms. The number of fused-ring (bicyclic) bond motifs is 1. The molecule has 0 N–H and O–H groups in total. The zero-order valence-electron chi connectivity index (χ0n) is 16.9. The summed E-state index contributed by atoms with van der Waals surface area (Å²) in [6.45, 7) is 6.45. The largest absolute Gasteiger partial charge is 0.369 e. The molecular formula is C21H26N6O2. The Morgan fingerprint density at radius 3 is 2.69 bits per heavy atom. The standard InChI is InChI=1S/C21H26N6O2/c1-3-16-12-20(25-10-8-24(2)9-11-25)18-14-23-26(21(18)22-13-16)15-17-6-4-5-7-19(17)27(28)29/h4-7,12-14,16H,3,8-11,15H2,1-2H3. The lowest BCUT2D eigenvalue weighted by atomic mass is 10.0. The van der Waals surface area contributed by atoms with Crippen molar-refractivity contribution in [3.8, 4) is 0 Å². The average Bonchev–Trinajstić information content (AvgIpc) is 3.01. The Bertz CT molecular complexity index is 956. The first kappa shape index (κ1) is 19.3. The van der Waals surface area contributed by atoms with Crippen LogP contribution in [0.1, 0.15) is 24.5 Å². The van der Waals surface area contributed by atoms with Gasteiger partial charge in [0.1, 0.15) is 0 Å². The number of likely N-dealkylation sites (N-methyl/N-ethyl adjacent to an activating group) is 1. The molecule has 1 fully saturated rings. The number of para-hydroxylation sites is 1. The van der Waals surface area contributed by atoms with Crippen molar-refractivity contribution >= 4 is 23.4 Å². The zero-order chi connectivity index (χ0) is 20.4. The summed E-state index contributed by atoms with van der Waals surface area (Å²) in [5.74, 6) is 1.03. The first-order valence-electron chi connectivity index (χ1n) is 10.0. The van der Waals surface area contributed by atoms with Crippen LogP contribution in [0.2, 0.25) is 0 Å². The lowest BCUT2D eigenvalue weighted by Crippen LogP contribution is -2.43. The third-order valence-electron chi connectivity index (χ3n) is 5.67. The van der Waals surface area contributed by atoms with E-state index in [0.29, 0.717) is 12.1 Å². The van der Waals surface area contributed by atoms with Gasteiger partial charge in [-0.1, -0.05) is 31.2 Å². The summed E-state index contributed by atoms with van der Waals surface area (Å²) >= 11 is 0. The van der Waals surface area contributed by atoms with Crippen molar-refractivity contribution in [2.75, 3.05) is 33.2 Å². The molecule has 1 atom stereocenters. The predicted molar refractivity (Wildman–Crippen MR) is 113 cm³/mol. The molecule has 1 aromatic heterocycles. The summed E-state index contributed by atoms with van der Waals surface area (Å²) in [5, 5.41) is 15.9. The fourth-order valence-corrected chi connectivity index (χ4v) is 3.84. The Balaban J connectivity index is 1.70. The Hall–Kier alpha value is -3.00. The van der Waals surface area contributed by atoms with Crippen LogP contribution in [0.3, 0.4) is 0 Å². The van der Waals surface area contributed by atoms with Crippen molar-refractivity contribution in [2.45, 2.75) is 19.9 Å². The second kappa shape index (κ2) is 8.16. The molecule has 8 nitrogen and oxygen atoms in total. The first-order chi connectivity index (χ1) is 14.1. The summed E-state index contributed by atoms with van der Waals surface area (Å²) in [5.41, 5.74) is 2.90. The molecule has 152 valence electrons. The number of hydrogen-bond donors (Lipinski definition) is 0. The van der Waals surface area contributed by atoms with Crippen molar-refractivity contribution in [3.05, 3.63) is 57.8 Å². The van der Waals surface area contributed by atoms with E-state index in [4.69, 9.17) is 4.99 Å². The zero-order valence-corrected chi connectivity index (χ0v) is 16.9. The summed E-state index contributed by atoms with van der Waals surface area (Å²) in [6, 6.07) is 6.81. The Morgan fingerprint density at radius 1 is 1.21 bits per heavy atom. The maximum Gasteiger partial charge on any atom is 0.274 e. The Morgan fingerprint density at radius 2 is 1.97 bits per heavy atom. The van der Waals surface area contributed by atoms with Gasteiger partial charge < -0.3 is 9.80 Å². The molecule has 2 aromatic rings. The Labute approximate surface area is 170 Å². The van der Waals surface area contributed by atoms with Crippen LogP contribution >= 0.6 is 0 Å². The molecule has 0 saturated carbocycles. The third-order valence-corrected chi connectivity index (χ3v) is 5.67. The van der Waals surface area contributed by atoms with Crippen molar-refractivity contribution in [1.29, 1.82) is 0 Å². The molecule has 0 bridgehead atoms. The van der Waals surface area contributed by atoms with Crippen LogP contribution in [0.15, 0.2) is 41.5 Å². The van der Waals surface area contributed by atoms with E-state index in [2.05, 4.69) is 34.9 Å². The normalized spacial score (nSPS) is 19.6. The molecule has 0 spiro atoms. The van der Waals surface area contributed by atoms with Crippen LogP contribution < -0.4 is 0 Å². The second-order valence-corrected chi connectivity index (χ2v) is 7.62. The number of nitro groups is 1. The number of rotatable bonds is 5. The molecule has 3 heterocycles. The first-order valence-corrected chi connectivity index (χ1v) is 10.0. The van der Waals surface area contributed by atoms with Gasteiger partial charge in [-0.3, -0.25) is 10.1 Å². The molecule has 2 aliphatic heterocycles. The van der Waals surface area contributed by atoms with Crippen LogP contribution in [0, 0.1) is 16.0 Å². The number of aromatic nitrogens is 2. The lowest BCUT2D eigenvalue weighted by Gasteiger charge is -2.35. The average molecular weight is 394 g/mol. The van der Waals surface area contributed by atoms with Gasteiger partial charge in [-0.15, -0.1) is 0 Å².